The van der Waals surface area contributed by atoms with Gasteiger partial charge in [0.15, 0.2) is 5.65 Å². The molecule has 0 amide bonds. The van der Waals surface area contributed by atoms with E-state index >= 15 is 0 Å². The first-order valence-corrected chi connectivity index (χ1v) is 2.72. The molecule has 0 saturated heterocycles. The average Bonchev–Trinajstić information content (AvgIpc) is 2.40. The maximum atomic E-state index is 5.44. The zero-order valence-electron chi connectivity index (χ0n) is 5.10. The Bertz CT molecular complexity index is 325. The van der Waals surface area contributed by atoms with E-state index in [1.165, 1.54) is 9.31 Å². The molecule has 2 rings (SSSR count). The van der Waals surface area contributed by atoms with Crippen molar-refractivity contribution >= 4 is 11.6 Å². The second-order valence-corrected chi connectivity index (χ2v) is 1.92. The van der Waals surface area contributed by atoms with Crippen LogP contribution < -0.4 is 11.6 Å². The van der Waals surface area contributed by atoms with Crippen LogP contribution in [0.15, 0.2) is 12.3 Å². The van der Waals surface area contributed by atoms with Gasteiger partial charge in [-0.15, -0.1) is 10.2 Å². The van der Waals surface area contributed by atoms with Gasteiger partial charge in [-0.3, -0.25) is 0 Å². The topological polar surface area (TPSA) is 87.2 Å². The Kier molecular flexibility index (Phi) is 0.717. The first kappa shape index (κ1) is 5.10. The molecule has 0 bridgehead atoms. The van der Waals surface area contributed by atoms with Gasteiger partial charge in [0.25, 0.3) is 0 Å². The molecule has 0 aliphatic carbocycles. The van der Waals surface area contributed by atoms with Crippen molar-refractivity contribution in [3.8, 4) is 0 Å². The van der Waals surface area contributed by atoms with Gasteiger partial charge in [-0.25, -0.2) is 4.79 Å². The van der Waals surface area contributed by atoms with Gasteiger partial charge in [-0.05, 0) is 0 Å². The third kappa shape index (κ3) is 0.426. The lowest BCUT2D eigenvalue weighted by molar-refractivity contribution is 0.766. The standard InChI is InChI=1S/C4H6N6/c5-4-8-7-3-1-2-9(6)10(3)4/h1-2H,6H2,(H2,5,8). The highest BCUT2D eigenvalue weighted by molar-refractivity contribution is 5.41. The Morgan fingerprint density at radius 2 is 2.20 bits per heavy atom. The number of nitrogens with zero attached hydrogens (tertiary/aromatic N) is 4. The van der Waals surface area contributed by atoms with Crippen molar-refractivity contribution in [3.63, 3.8) is 0 Å². The second kappa shape index (κ2) is 1.41. The Morgan fingerprint density at radius 1 is 1.40 bits per heavy atom. The minimum Gasteiger partial charge on any atom is -0.366 e. The van der Waals surface area contributed by atoms with Crippen LogP contribution in [-0.2, 0) is 0 Å². The summed E-state index contributed by atoms with van der Waals surface area (Å²) in [5.74, 6) is 5.74. The molecular weight excluding hydrogens is 132 g/mol. The van der Waals surface area contributed by atoms with Crippen LogP contribution in [0.4, 0.5) is 5.95 Å². The molecule has 6 heteroatoms. The molecule has 2 heterocycles. The van der Waals surface area contributed by atoms with Gasteiger partial charge in [0.2, 0.25) is 5.95 Å². The minimum atomic E-state index is 0.294. The van der Waals surface area contributed by atoms with Crippen LogP contribution in [0.1, 0.15) is 0 Å². The SMILES string of the molecule is Nc1nnc2ccn(N)n12. The molecule has 0 saturated carbocycles. The Labute approximate surface area is 56.0 Å². The van der Waals surface area contributed by atoms with Crippen molar-refractivity contribution in [2.45, 2.75) is 0 Å². The number of hydrogen-bond donors (Lipinski definition) is 2. The molecule has 52 valence electrons. The first-order valence-electron chi connectivity index (χ1n) is 2.72. The number of aromatic nitrogens is 4. The molecule has 0 unspecified atom stereocenters. The third-order valence-electron chi connectivity index (χ3n) is 1.30. The molecule has 0 spiro atoms. The third-order valence-corrected chi connectivity index (χ3v) is 1.30. The quantitative estimate of drug-likeness (QED) is 0.449. The van der Waals surface area contributed by atoms with E-state index in [0.717, 1.165) is 0 Å². The van der Waals surface area contributed by atoms with Gasteiger partial charge in [-0.1, -0.05) is 0 Å². The van der Waals surface area contributed by atoms with Crippen molar-refractivity contribution in [2.24, 2.45) is 0 Å². The zero-order chi connectivity index (χ0) is 7.14. The van der Waals surface area contributed by atoms with Crippen LogP contribution in [0.3, 0.4) is 0 Å². The normalized spacial score (nSPS) is 10.8. The predicted molar refractivity (Wildman–Crippen MR) is 35.5 cm³/mol. The summed E-state index contributed by atoms with van der Waals surface area (Å²) in [4.78, 5) is 1.32. The summed E-state index contributed by atoms with van der Waals surface area (Å²) in [6.45, 7) is 0. The van der Waals surface area contributed by atoms with E-state index in [9.17, 15) is 0 Å². The number of nitrogens with two attached hydrogens (primary N) is 2. The van der Waals surface area contributed by atoms with Gasteiger partial charge in [0.1, 0.15) is 0 Å². The molecule has 10 heavy (non-hydrogen) atoms. The molecule has 6 nitrogen and oxygen atoms in total. The van der Waals surface area contributed by atoms with E-state index in [1.54, 1.807) is 12.3 Å². The fraction of sp³-hybridized carbons (Fsp3) is 0. The molecule has 0 aromatic carbocycles. The summed E-state index contributed by atoms with van der Waals surface area (Å²) >= 11 is 0. The largest absolute Gasteiger partial charge is 0.366 e. The van der Waals surface area contributed by atoms with Crippen molar-refractivity contribution < 1.29 is 0 Å². The van der Waals surface area contributed by atoms with Crippen molar-refractivity contribution in [1.82, 2.24) is 19.5 Å². The lowest BCUT2D eigenvalue weighted by Gasteiger charge is -1.93. The molecule has 0 atom stereocenters. The number of hydrogen-bond acceptors (Lipinski definition) is 4. The molecule has 0 radical (unpaired) electrons. The Morgan fingerprint density at radius 3 is 2.90 bits per heavy atom. The summed E-state index contributed by atoms with van der Waals surface area (Å²) in [6, 6.07) is 1.73. The summed E-state index contributed by atoms with van der Waals surface area (Å²) < 4.78 is 1.50. The Hall–Kier alpha value is -1.72. The van der Waals surface area contributed by atoms with Gasteiger partial charge in [0.05, 0.1) is 0 Å². The molecule has 0 fully saturated rings. The van der Waals surface area contributed by atoms with Crippen LogP contribution in [0.5, 0.6) is 0 Å². The van der Waals surface area contributed by atoms with Gasteiger partial charge < -0.3 is 11.6 Å². The van der Waals surface area contributed by atoms with E-state index < -0.39 is 0 Å². The fourth-order valence-electron chi connectivity index (χ4n) is 0.855. The smallest absolute Gasteiger partial charge is 0.243 e. The van der Waals surface area contributed by atoms with E-state index in [4.69, 9.17) is 11.6 Å². The van der Waals surface area contributed by atoms with Crippen LogP contribution in [-0.4, -0.2) is 19.5 Å². The molecule has 4 N–H and O–H groups in total. The number of rotatable bonds is 0. The average molecular weight is 138 g/mol. The lowest BCUT2D eigenvalue weighted by atomic mass is 10.7. The number of anilines is 1. The fourth-order valence-corrected chi connectivity index (χ4v) is 0.855. The van der Waals surface area contributed by atoms with Gasteiger partial charge in [-0.2, -0.15) is 4.52 Å². The van der Waals surface area contributed by atoms with Crippen LogP contribution >= 0.6 is 0 Å². The monoisotopic (exact) mass is 138 g/mol. The van der Waals surface area contributed by atoms with E-state index in [0.29, 0.717) is 11.6 Å². The minimum absolute atomic E-state index is 0.294. The zero-order valence-corrected chi connectivity index (χ0v) is 5.10. The molecule has 0 aliphatic rings. The first-order chi connectivity index (χ1) is 4.79. The highest BCUT2D eigenvalue weighted by Crippen LogP contribution is 2.02. The van der Waals surface area contributed by atoms with Crippen molar-refractivity contribution in [3.05, 3.63) is 12.3 Å². The predicted octanol–water partition coefficient (Wildman–Crippen LogP) is -1.17. The summed E-state index contributed by atoms with van der Waals surface area (Å²) in [7, 11) is 0. The van der Waals surface area contributed by atoms with Crippen LogP contribution in [0.25, 0.3) is 5.65 Å². The lowest BCUT2D eigenvalue weighted by Crippen LogP contribution is -2.14. The van der Waals surface area contributed by atoms with Gasteiger partial charge >= 0.3 is 0 Å². The summed E-state index contributed by atoms with van der Waals surface area (Å²) in [5.41, 5.74) is 6.06. The highest BCUT2D eigenvalue weighted by atomic mass is 15.6. The maximum Gasteiger partial charge on any atom is 0.243 e. The Balaban J connectivity index is 2.98. The molecular formula is C4H6N6. The number of nitrogen functional groups attached to an aromatic ring is 2. The van der Waals surface area contributed by atoms with Gasteiger partial charge in [0, 0.05) is 12.3 Å². The summed E-state index contributed by atoms with van der Waals surface area (Å²) in [5, 5.41) is 7.33. The van der Waals surface area contributed by atoms with Crippen LogP contribution in [0, 0.1) is 0 Å². The van der Waals surface area contributed by atoms with E-state index in [1.807, 2.05) is 0 Å². The maximum absolute atomic E-state index is 5.44. The molecule has 2 aromatic heterocycles. The van der Waals surface area contributed by atoms with Crippen molar-refractivity contribution in [1.29, 1.82) is 0 Å². The molecule has 2 aromatic rings. The van der Waals surface area contributed by atoms with Crippen molar-refractivity contribution in [2.75, 3.05) is 11.6 Å². The summed E-state index contributed by atoms with van der Waals surface area (Å²) in [6.07, 6.45) is 1.65. The second-order valence-electron chi connectivity index (χ2n) is 1.92. The van der Waals surface area contributed by atoms with Crippen LogP contribution in [0.2, 0.25) is 0 Å². The molecule has 0 aliphatic heterocycles. The van der Waals surface area contributed by atoms with E-state index in [-0.39, 0.29) is 0 Å². The number of fused-ring (bicyclic) bond motifs is 1. The highest BCUT2D eigenvalue weighted by Gasteiger charge is 2.02. The van der Waals surface area contributed by atoms with E-state index in [2.05, 4.69) is 10.2 Å².